The fourth-order valence-corrected chi connectivity index (χ4v) is 3.47. The second-order valence-electron chi connectivity index (χ2n) is 5.54. The minimum absolute atomic E-state index is 0.418. The van der Waals surface area contributed by atoms with Gasteiger partial charge in [-0.3, -0.25) is 0 Å². The molecule has 1 N–H and O–H groups in total. The molecule has 2 rings (SSSR count). The fraction of sp³-hybridized carbons (Fsp3) is 0.647. The number of unbranched alkanes of at least 4 members (excludes halogenated alkanes) is 3. The van der Waals surface area contributed by atoms with Crippen molar-refractivity contribution in [2.45, 2.75) is 58.4 Å². The number of halogens is 1. The Balaban J connectivity index is 2.12. The standard InChI is InChI=1S/C17H26BrNO/c1-3-5-6-7-8-16(19-4-2)15-12-14(18)11-13-9-10-20-17(13)15/h11-12,16,19H,3-10H2,1-2H3. The molecule has 1 atom stereocenters. The van der Waals surface area contributed by atoms with Gasteiger partial charge in [0, 0.05) is 22.5 Å². The normalized spacial score (nSPS) is 14.9. The summed E-state index contributed by atoms with van der Waals surface area (Å²) in [5, 5.41) is 3.63. The van der Waals surface area contributed by atoms with Gasteiger partial charge in [0.15, 0.2) is 0 Å². The molecule has 20 heavy (non-hydrogen) atoms. The van der Waals surface area contributed by atoms with Crippen molar-refractivity contribution < 1.29 is 4.74 Å². The fourth-order valence-electron chi connectivity index (χ4n) is 2.95. The Morgan fingerprint density at radius 3 is 2.85 bits per heavy atom. The Hall–Kier alpha value is -0.540. The molecule has 0 saturated heterocycles. The third-order valence-corrected chi connectivity index (χ3v) is 4.41. The van der Waals surface area contributed by atoms with Crippen LogP contribution in [0.3, 0.4) is 0 Å². The molecule has 1 aliphatic heterocycles. The van der Waals surface area contributed by atoms with E-state index in [1.807, 2.05) is 0 Å². The summed E-state index contributed by atoms with van der Waals surface area (Å²) in [7, 11) is 0. The number of hydrogen-bond acceptors (Lipinski definition) is 2. The van der Waals surface area contributed by atoms with Gasteiger partial charge in [-0.25, -0.2) is 0 Å². The molecule has 0 spiro atoms. The molecule has 0 aromatic heterocycles. The van der Waals surface area contributed by atoms with Crippen LogP contribution in [0.5, 0.6) is 5.75 Å². The zero-order valence-electron chi connectivity index (χ0n) is 12.7. The maximum absolute atomic E-state index is 5.88. The maximum Gasteiger partial charge on any atom is 0.127 e. The van der Waals surface area contributed by atoms with E-state index in [0.29, 0.717) is 6.04 Å². The number of fused-ring (bicyclic) bond motifs is 1. The Kier molecular flexibility index (Phi) is 6.37. The second kappa shape index (κ2) is 8.04. The van der Waals surface area contributed by atoms with E-state index in [4.69, 9.17) is 4.74 Å². The molecule has 0 aliphatic carbocycles. The first kappa shape index (κ1) is 15.8. The second-order valence-corrected chi connectivity index (χ2v) is 6.46. The van der Waals surface area contributed by atoms with Crippen LogP contribution in [0.25, 0.3) is 0 Å². The number of benzene rings is 1. The van der Waals surface area contributed by atoms with E-state index in [-0.39, 0.29) is 0 Å². The lowest BCUT2D eigenvalue weighted by atomic mass is 9.97. The molecule has 0 fully saturated rings. The zero-order valence-corrected chi connectivity index (χ0v) is 14.3. The van der Waals surface area contributed by atoms with E-state index >= 15 is 0 Å². The highest BCUT2D eigenvalue weighted by atomic mass is 79.9. The molecular weight excluding hydrogens is 314 g/mol. The summed E-state index contributed by atoms with van der Waals surface area (Å²) in [6.45, 7) is 6.27. The van der Waals surface area contributed by atoms with Crippen LogP contribution < -0.4 is 10.1 Å². The molecular formula is C17H26BrNO. The molecule has 1 unspecified atom stereocenters. The third-order valence-electron chi connectivity index (χ3n) is 3.95. The Labute approximate surface area is 131 Å². The molecule has 1 aromatic carbocycles. The highest BCUT2D eigenvalue weighted by Crippen LogP contribution is 2.38. The lowest BCUT2D eigenvalue weighted by molar-refractivity contribution is 0.346. The van der Waals surface area contributed by atoms with Crippen molar-refractivity contribution >= 4 is 15.9 Å². The van der Waals surface area contributed by atoms with E-state index in [9.17, 15) is 0 Å². The maximum atomic E-state index is 5.88. The smallest absolute Gasteiger partial charge is 0.127 e. The van der Waals surface area contributed by atoms with E-state index in [2.05, 4.69) is 47.2 Å². The first-order valence-electron chi connectivity index (χ1n) is 7.94. The van der Waals surface area contributed by atoms with Crippen molar-refractivity contribution in [2.75, 3.05) is 13.2 Å². The van der Waals surface area contributed by atoms with Crippen molar-refractivity contribution in [1.82, 2.24) is 5.32 Å². The van der Waals surface area contributed by atoms with Gasteiger partial charge < -0.3 is 10.1 Å². The van der Waals surface area contributed by atoms with Crippen molar-refractivity contribution in [3.63, 3.8) is 0 Å². The minimum atomic E-state index is 0.418. The van der Waals surface area contributed by atoms with Crippen LogP contribution in [0.4, 0.5) is 0 Å². The highest BCUT2D eigenvalue weighted by Gasteiger charge is 2.22. The van der Waals surface area contributed by atoms with Gasteiger partial charge >= 0.3 is 0 Å². The molecule has 0 amide bonds. The van der Waals surface area contributed by atoms with Gasteiger partial charge in [0.1, 0.15) is 5.75 Å². The molecule has 112 valence electrons. The summed E-state index contributed by atoms with van der Waals surface area (Å²) >= 11 is 3.64. The molecule has 1 heterocycles. The van der Waals surface area contributed by atoms with Crippen LogP contribution >= 0.6 is 15.9 Å². The number of nitrogens with one attached hydrogen (secondary N) is 1. The summed E-state index contributed by atoms with van der Waals surface area (Å²) < 4.78 is 7.05. The lowest BCUT2D eigenvalue weighted by Crippen LogP contribution is -2.21. The average Bonchev–Trinajstić information content (AvgIpc) is 2.89. The highest BCUT2D eigenvalue weighted by molar-refractivity contribution is 9.10. The first-order chi connectivity index (χ1) is 9.76. The van der Waals surface area contributed by atoms with E-state index in [1.54, 1.807) is 0 Å². The largest absolute Gasteiger partial charge is 0.493 e. The predicted molar refractivity (Wildman–Crippen MR) is 88.5 cm³/mol. The Morgan fingerprint density at radius 2 is 2.10 bits per heavy atom. The SMILES string of the molecule is CCCCCCC(NCC)c1cc(Br)cc2c1OCC2. The molecule has 1 aliphatic rings. The van der Waals surface area contributed by atoms with Crippen LogP contribution in [-0.2, 0) is 6.42 Å². The van der Waals surface area contributed by atoms with Gasteiger partial charge in [-0.2, -0.15) is 0 Å². The Morgan fingerprint density at radius 1 is 1.25 bits per heavy atom. The van der Waals surface area contributed by atoms with Gasteiger partial charge in [0.25, 0.3) is 0 Å². The van der Waals surface area contributed by atoms with Gasteiger partial charge in [0.05, 0.1) is 6.61 Å². The molecule has 0 saturated carbocycles. The summed E-state index contributed by atoms with van der Waals surface area (Å²) in [6, 6.07) is 4.85. The number of hydrogen-bond donors (Lipinski definition) is 1. The molecule has 0 radical (unpaired) electrons. The zero-order chi connectivity index (χ0) is 14.4. The summed E-state index contributed by atoms with van der Waals surface area (Å²) in [4.78, 5) is 0. The van der Waals surface area contributed by atoms with Crippen LogP contribution in [0.15, 0.2) is 16.6 Å². The number of ether oxygens (including phenoxy) is 1. The predicted octanol–water partition coefficient (Wildman–Crippen LogP) is 5.01. The van der Waals surface area contributed by atoms with E-state index in [1.165, 1.54) is 47.7 Å². The summed E-state index contributed by atoms with van der Waals surface area (Å²) in [5.41, 5.74) is 2.69. The van der Waals surface area contributed by atoms with Crippen LogP contribution in [0, 0.1) is 0 Å². The summed E-state index contributed by atoms with van der Waals surface area (Å²) in [6.07, 6.45) is 7.48. The lowest BCUT2D eigenvalue weighted by Gasteiger charge is -2.21. The molecule has 2 nitrogen and oxygen atoms in total. The van der Waals surface area contributed by atoms with Gasteiger partial charge in [-0.15, -0.1) is 0 Å². The monoisotopic (exact) mass is 339 g/mol. The van der Waals surface area contributed by atoms with Crippen molar-refractivity contribution in [3.05, 3.63) is 27.7 Å². The third kappa shape index (κ3) is 3.98. The summed E-state index contributed by atoms with van der Waals surface area (Å²) in [5.74, 6) is 1.13. The molecule has 0 bridgehead atoms. The number of rotatable bonds is 8. The van der Waals surface area contributed by atoms with Crippen molar-refractivity contribution in [2.24, 2.45) is 0 Å². The van der Waals surface area contributed by atoms with Crippen LogP contribution in [-0.4, -0.2) is 13.2 Å². The van der Waals surface area contributed by atoms with Gasteiger partial charge in [-0.1, -0.05) is 55.5 Å². The molecule has 1 aromatic rings. The van der Waals surface area contributed by atoms with E-state index in [0.717, 1.165) is 25.3 Å². The topological polar surface area (TPSA) is 21.3 Å². The average molecular weight is 340 g/mol. The first-order valence-corrected chi connectivity index (χ1v) is 8.74. The van der Waals surface area contributed by atoms with Crippen molar-refractivity contribution in [3.8, 4) is 5.75 Å². The Bertz CT molecular complexity index is 433. The van der Waals surface area contributed by atoms with Gasteiger partial charge in [-0.05, 0) is 30.7 Å². The minimum Gasteiger partial charge on any atom is -0.493 e. The van der Waals surface area contributed by atoms with E-state index < -0.39 is 0 Å². The van der Waals surface area contributed by atoms with Crippen LogP contribution in [0.1, 0.15) is 63.1 Å². The molecule has 3 heteroatoms. The van der Waals surface area contributed by atoms with Gasteiger partial charge in [0.2, 0.25) is 0 Å². The quantitative estimate of drug-likeness (QED) is 0.672. The van der Waals surface area contributed by atoms with Crippen LogP contribution in [0.2, 0.25) is 0 Å². The van der Waals surface area contributed by atoms with Crippen molar-refractivity contribution in [1.29, 1.82) is 0 Å².